The maximum Gasteiger partial charge on any atom is 0.219 e. The number of likely N-dealkylation sites (tertiary alicyclic amines) is 1. The molecule has 1 saturated heterocycles. The van der Waals surface area contributed by atoms with Crippen molar-refractivity contribution >= 4 is 5.91 Å². The molecule has 1 aliphatic rings. The van der Waals surface area contributed by atoms with Crippen LogP contribution in [0.25, 0.3) is 0 Å². The van der Waals surface area contributed by atoms with Gasteiger partial charge in [-0.3, -0.25) is 4.79 Å². The monoisotopic (exact) mass is 320 g/mol. The fourth-order valence-corrected chi connectivity index (χ4v) is 2.87. The number of hydrogen-bond acceptors (Lipinski definition) is 3. The molecule has 0 aliphatic carbocycles. The number of halogens is 1. The average molecular weight is 320 g/mol. The lowest BCUT2D eigenvalue weighted by Crippen LogP contribution is -2.43. The summed E-state index contributed by atoms with van der Waals surface area (Å²) in [5.74, 6) is 0.846. The van der Waals surface area contributed by atoms with E-state index in [1.807, 2.05) is 17.0 Å². The predicted octanol–water partition coefficient (Wildman–Crippen LogP) is 2.78. The van der Waals surface area contributed by atoms with Crippen molar-refractivity contribution in [2.45, 2.75) is 32.1 Å². The van der Waals surface area contributed by atoms with Crippen molar-refractivity contribution in [3.63, 3.8) is 0 Å². The van der Waals surface area contributed by atoms with Crippen LogP contribution in [0.5, 0.6) is 5.75 Å². The van der Waals surface area contributed by atoms with E-state index < -0.39 is 0 Å². The van der Waals surface area contributed by atoms with Crippen LogP contribution in [0.1, 0.15) is 32.3 Å². The Balaban J connectivity index is 1.98. The number of amides is 1. The number of hydrogen-bond donors (Lipinski definition) is 1. The Morgan fingerprint density at radius 1 is 1.35 bits per heavy atom. The minimum atomic E-state index is 0.0751. The quantitative estimate of drug-likeness (QED) is 0.907. The Kier molecular flexibility index (Phi) is 5.77. The van der Waals surface area contributed by atoms with Crippen LogP contribution in [-0.2, 0) is 10.2 Å². The summed E-state index contributed by atoms with van der Waals surface area (Å²) >= 11 is 0. The van der Waals surface area contributed by atoms with E-state index in [9.17, 15) is 9.18 Å². The highest BCUT2D eigenvalue weighted by molar-refractivity contribution is 5.73. The van der Waals surface area contributed by atoms with E-state index in [1.54, 1.807) is 6.92 Å². The Hall–Kier alpha value is -1.88. The lowest BCUT2D eigenvalue weighted by Gasteiger charge is -2.39. The lowest BCUT2D eigenvalue weighted by molar-refractivity contribution is -0.130. The van der Waals surface area contributed by atoms with Crippen molar-refractivity contribution < 1.29 is 13.9 Å². The molecule has 0 bridgehead atoms. The van der Waals surface area contributed by atoms with E-state index in [4.69, 9.17) is 10.5 Å². The van der Waals surface area contributed by atoms with Crippen molar-refractivity contribution in [1.82, 2.24) is 4.90 Å². The molecule has 1 aromatic carbocycles. The van der Waals surface area contributed by atoms with Crippen LogP contribution in [0.4, 0.5) is 4.39 Å². The minimum absolute atomic E-state index is 0.0751. The molecule has 0 saturated carbocycles. The van der Waals surface area contributed by atoms with Crippen LogP contribution >= 0.6 is 0 Å². The predicted molar refractivity (Wildman–Crippen MR) is 89.0 cm³/mol. The standard InChI is InChI=1S/C18H25FN2O2/c1-14(22)21-9-7-18(2,8-10-21)16-3-5-17(6-4-16)23-13-15(11-19)12-20/h3-6,11H,7-10,12-13,20H2,1-2H3/b15-11+. The molecule has 0 radical (unpaired) electrons. The molecule has 1 amide bonds. The first-order chi connectivity index (χ1) is 11.0. The second-order valence-electron chi connectivity index (χ2n) is 6.35. The first-order valence-corrected chi connectivity index (χ1v) is 7.95. The smallest absolute Gasteiger partial charge is 0.219 e. The van der Waals surface area contributed by atoms with Crippen molar-refractivity contribution in [3.8, 4) is 5.75 Å². The van der Waals surface area contributed by atoms with Gasteiger partial charge in [0.1, 0.15) is 12.4 Å². The molecule has 0 spiro atoms. The molecule has 5 heteroatoms. The number of carbonyl (C=O) groups is 1. The molecule has 126 valence electrons. The van der Waals surface area contributed by atoms with Gasteiger partial charge in [0.15, 0.2) is 0 Å². The fraction of sp³-hybridized carbons (Fsp3) is 0.500. The summed E-state index contributed by atoms with van der Waals surface area (Å²) in [6, 6.07) is 7.93. The first-order valence-electron chi connectivity index (χ1n) is 7.95. The first kappa shape index (κ1) is 17.5. The number of piperidine rings is 1. The van der Waals surface area contributed by atoms with Crippen LogP contribution in [0.3, 0.4) is 0 Å². The van der Waals surface area contributed by atoms with Gasteiger partial charge in [-0.25, -0.2) is 4.39 Å². The van der Waals surface area contributed by atoms with Gasteiger partial charge in [0.2, 0.25) is 5.91 Å². The van der Waals surface area contributed by atoms with Crippen molar-refractivity contribution in [2.75, 3.05) is 26.2 Å². The Morgan fingerprint density at radius 2 is 1.96 bits per heavy atom. The Morgan fingerprint density at radius 3 is 2.43 bits per heavy atom. The van der Waals surface area contributed by atoms with Gasteiger partial charge >= 0.3 is 0 Å². The van der Waals surface area contributed by atoms with Gasteiger partial charge in [-0.1, -0.05) is 19.1 Å². The molecule has 0 atom stereocenters. The van der Waals surface area contributed by atoms with Crippen molar-refractivity contribution in [1.29, 1.82) is 0 Å². The van der Waals surface area contributed by atoms with E-state index in [-0.39, 0.29) is 24.5 Å². The lowest BCUT2D eigenvalue weighted by atomic mass is 9.74. The summed E-state index contributed by atoms with van der Waals surface area (Å²) in [6.07, 6.45) is 2.40. The van der Waals surface area contributed by atoms with Gasteiger partial charge in [0, 0.05) is 32.1 Å². The third-order valence-electron chi connectivity index (χ3n) is 4.70. The second-order valence-corrected chi connectivity index (χ2v) is 6.35. The number of ether oxygens (including phenoxy) is 1. The van der Waals surface area contributed by atoms with Gasteiger partial charge in [0.25, 0.3) is 0 Å². The number of rotatable bonds is 5. The van der Waals surface area contributed by atoms with Gasteiger partial charge < -0.3 is 15.4 Å². The molecule has 2 N–H and O–H groups in total. The number of nitrogens with two attached hydrogens (primary N) is 1. The highest BCUT2D eigenvalue weighted by Gasteiger charge is 2.32. The summed E-state index contributed by atoms with van der Waals surface area (Å²) in [5.41, 5.74) is 7.15. The molecule has 1 aromatic rings. The molecular formula is C18H25FN2O2. The second kappa shape index (κ2) is 7.59. The van der Waals surface area contributed by atoms with Crippen molar-refractivity contribution in [3.05, 3.63) is 41.7 Å². The topological polar surface area (TPSA) is 55.6 Å². The number of nitrogens with zero attached hydrogens (tertiary/aromatic N) is 1. The molecule has 23 heavy (non-hydrogen) atoms. The van der Waals surface area contributed by atoms with Crippen LogP contribution in [0.15, 0.2) is 36.2 Å². The zero-order valence-corrected chi connectivity index (χ0v) is 13.8. The van der Waals surface area contributed by atoms with E-state index in [0.29, 0.717) is 17.7 Å². The van der Waals surface area contributed by atoms with E-state index in [0.717, 1.165) is 25.9 Å². The van der Waals surface area contributed by atoms with E-state index in [2.05, 4.69) is 19.1 Å². The van der Waals surface area contributed by atoms with Crippen LogP contribution in [-0.4, -0.2) is 37.0 Å². The highest BCUT2D eigenvalue weighted by atomic mass is 19.1. The summed E-state index contributed by atoms with van der Waals surface area (Å²) in [5, 5.41) is 0. The van der Waals surface area contributed by atoms with Gasteiger partial charge in [0.05, 0.1) is 6.33 Å². The average Bonchev–Trinajstić information content (AvgIpc) is 2.56. The fourth-order valence-electron chi connectivity index (χ4n) is 2.87. The molecule has 0 unspecified atom stereocenters. The molecule has 1 heterocycles. The third kappa shape index (κ3) is 4.32. The molecule has 0 aromatic heterocycles. The van der Waals surface area contributed by atoms with Crippen LogP contribution < -0.4 is 10.5 Å². The number of benzene rings is 1. The number of carbonyl (C=O) groups excluding carboxylic acids is 1. The van der Waals surface area contributed by atoms with Gasteiger partial charge in [-0.15, -0.1) is 0 Å². The summed E-state index contributed by atoms with van der Waals surface area (Å²) < 4.78 is 18.0. The van der Waals surface area contributed by atoms with Crippen LogP contribution in [0.2, 0.25) is 0 Å². The zero-order valence-electron chi connectivity index (χ0n) is 13.8. The maximum absolute atomic E-state index is 12.5. The van der Waals surface area contributed by atoms with E-state index >= 15 is 0 Å². The third-order valence-corrected chi connectivity index (χ3v) is 4.70. The Labute approximate surface area is 137 Å². The SMILES string of the molecule is CC(=O)N1CCC(C)(c2ccc(OC/C(=C/F)CN)cc2)CC1. The van der Waals surface area contributed by atoms with Gasteiger partial charge in [-0.2, -0.15) is 0 Å². The molecule has 4 nitrogen and oxygen atoms in total. The largest absolute Gasteiger partial charge is 0.489 e. The molecule has 1 fully saturated rings. The Bertz CT molecular complexity index is 561. The molecular weight excluding hydrogens is 295 g/mol. The van der Waals surface area contributed by atoms with Crippen molar-refractivity contribution in [2.24, 2.45) is 5.73 Å². The summed E-state index contributed by atoms with van der Waals surface area (Å²) in [7, 11) is 0. The van der Waals surface area contributed by atoms with E-state index in [1.165, 1.54) is 5.56 Å². The normalized spacial score (nSPS) is 17.9. The summed E-state index contributed by atoms with van der Waals surface area (Å²) in [4.78, 5) is 13.3. The van der Waals surface area contributed by atoms with Crippen LogP contribution in [0, 0.1) is 0 Å². The minimum Gasteiger partial charge on any atom is -0.489 e. The highest BCUT2D eigenvalue weighted by Crippen LogP contribution is 2.35. The summed E-state index contributed by atoms with van der Waals surface area (Å²) in [6.45, 7) is 5.77. The maximum atomic E-state index is 12.5. The zero-order chi connectivity index (χ0) is 16.9. The van der Waals surface area contributed by atoms with Gasteiger partial charge in [-0.05, 0) is 36.0 Å². The molecule has 1 aliphatic heterocycles. The molecule has 2 rings (SSSR count).